The Balaban J connectivity index is 2.89. The van der Waals surface area contributed by atoms with Gasteiger partial charge in [-0.15, -0.1) is 0 Å². The summed E-state index contributed by atoms with van der Waals surface area (Å²) >= 11 is 0. The average molecular weight is 206 g/mol. The van der Waals surface area contributed by atoms with Crippen molar-refractivity contribution in [2.75, 3.05) is 0 Å². The summed E-state index contributed by atoms with van der Waals surface area (Å²) in [6.45, 7) is 5.44. The van der Waals surface area contributed by atoms with Gasteiger partial charge in [0.1, 0.15) is 0 Å². The Bertz CT molecular complexity index is 243. The molecule has 82 valence electrons. The van der Waals surface area contributed by atoms with E-state index in [1.54, 1.807) is 0 Å². The van der Waals surface area contributed by atoms with Crippen LogP contribution in [0.4, 0.5) is 8.78 Å². The van der Waals surface area contributed by atoms with Gasteiger partial charge in [-0.2, -0.15) is 0 Å². The molecule has 0 heterocycles. The third-order valence-corrected chi connectivity index (χ3v) is 2.95. The van der Waals surface area contributed by atoms with Gasteiger partial charge in [-0.3, -0.25) is 4.79 Å². The Kier molecular flexibility index (Phi) is 2.59. The molecular formula is C10H16F2O2. The molecule has 0 saturated heterocycles. The molecule has 0 aromatic rings. The summed E-state index contributed by atoms with van der Waals surface area (Å²) in [5.41, 5.74) is -0.372. The predicted octanol–water partition coefficient (Wildman–Crippen LogP) is 2.78. The maximum absolute atomic E-state index is 13.1. The van der Waals surface area contributed by atoms with Crippen molar-refractivity contribution in [3.63, 3.8) is 0 Å². The van der Waals surface area contributed by atoms with E-state index in [1.165, 1.54) is 0 Å². The lowest BCUT2D eigenvalue weighted by molar-refractivity contribution is -0.144. The Hall–Kier alpha value is -0.670. The van der Waals surface area contributed by atoms with E-state index in [0.717, 1.165) is 0 Å². The number of rotatable bonds is 1. The SMILES string of the molecule is CC(C)(C)C1CC(F)(F)CC1C(=O)O. The molecule has 0 amide bonds. The average Bonchev–Trinajstić information content (AvgIpc) is 2.24. The van der Waals surface area contributed by atoms with Crippen LogP contribution in [0.3, 0.4) is 0 Å². The van der Waals surface area contributed by atoms with Gasteiger partial charge < -0.3 is 5.11 Å². The van der Waals surface area contributed by atoms with Crippen LogP contribution in [0.5, 0.6) is 0 Å². The summed E-state index contributed by atoms with van der Waals surface area (Å²) in [6, 6.07) is 0. The molecule has 1 saturated carbocycles. The molecule has 4 heteroatoms. The van der Waals surface area contributed by atoms with Gasteiger partial charge in [-0.25, -0.2) is 8.78 Å². The van der Waals surface area contributed by atoms with Gasteiger partial charge in [0.25, 0.3) is 0 Å². The molecular weight excluding hydrogens is 190 g/mol. The highest BCUT2D eigenvalue weighted by atomic mass is 19.3. The van der Waals surface area contributed by atoms with E-state index in [2.05, 4.69) is 0 Å². The number of carboxylic acid groups (broad SMARTS) is 1. The van der Waals surface area contributed by atoms with Gasteiger partial charge in [0.2, 0.25) is 5.92 Å². The molecule has 2 unspecified atom stereocenters. The fourth-order valence-corrected chi connectivity index (χ4v) is 2.18. The van der Waals surface area contributed by atoms with Gasteiger partial charge in [0.05, 0.1) is 5.92 Å². The molecule has 0 bridgehead atoms. The predicted molar refractivity (Wildman–Crippen MR) is 48.3 cm³/mol. The fourth-order valence-electron chi connectivity index (χ4n) is 2.18. The standard InChI is InChI=1S/C10H16F2O2/c1-9(2,3)7-5-10(11,12)4-6(7)8(13)14/h6-7H,4-5H2,1-3H3,(H,13,14). The number of alkyl halides is 2. The number of aliphatic carboxylic acids is 1. The molecule has 0 radical (unpaired) electrons. The Labute approximate surface area is 82.3 Å². The van der Waals surface area contributed by atoms with Gasteiger partial charge in [-0.05, 0) is 11.3 Å². The van der Waals surface area contributed by atoms with Crippen molar-refractivity contribution < 1.29 is 18.7 Å². The maximum atomic E-state index is 13.1. The van der Waals surface area contributed by atoms with Gasteiger partial charge >= 0.3 is 5.97 Å². The van der Waals surface area contributed by atoms with Crippen LogP contribution >= 0.6 is 0 Å². The summed E-state index contributed by atoms with van der Waals surface area (Å²) < 4.78 is 26.1. The van der Waals surface area contributed by atoms with Gasteiger partial charge in [-0.1, -0.05) is 20.8 Å². The van der Waals surface area contributed by atoms with Gasteiger partial charge in [0.15, 0.2) is 0 Å². The summed E-state index contributed by atoms with van der Waals surface area (Å²) in [7, 11) is 0. The summed E-state index contributed by atoms with van der Waals surface area (Å²) in [5, 5.41) is 8.85. The maximum Gasteiger partial charge on any atom is 0.307 e. The monoisotopic (exact) mass is 206 g/mol. The van der Waals surface area contributed by atoms with Crippen molar-refractivity contribution in [1.29, 1.82) is 0 Å². The van der Waals surface area contributed by atoms with Crippen LogP contribution in [0.25, 0.3) is 0 Å². The second-order valence-corrected chi connectivity index (χ2v) is 5.18. The van der Waals surface area contributed by atoms with E-state index >= 15 is 0 Å². The van der Waals surface area contributed by atoms with Crippen LogP contribution in [-0.4, -0.2) is 17.0 Å². The third-order valence-electron chi connectivity index (χ3n) is 2.95. The fraction of sp³-hybridized carbons (Fsp3) is 0.900. The minimum absolute atomic E-state index is 0.298. The first-order valence-corrected chi connectivity index (χ1v) is 4.74. The topological polar surface area (TPSA) is 37.3 Å². The van der Waals surface area contributed by atoms with Crippen molar-refractivity contribution in [3.05, 3.63) is 0 Å². The largest absolute Gasteiger partial charge is 0.481 e. The zero-order valence-corrected chi connectivity index (χ0v) is 8.68. The smallest absolute Gasteiger partial charge is 0.307 e. The molecule has 0 aromatic heterocycles. The molecule has 0 aromatic carbocycles. The third kappa shape index (κ3) is 2.22. The lowest BCUT2D eigenvalue weighted by atomic mass is 9.75. The van der Waals surface area contributed by atoms with Crippen LogP contribution in [0.1, 0.15) is 33.6 Å². The van der Waals surface area contributed by atoms with Crippen LogP contribution in [-0.2, 0) is 4.79 Å². The van der Waals surface area contributed by atoms with Crippen LogP contribution in [0.2, 0.25) is 0 Å². The van der Waals surface area contributed by atoms with Crippen LogP contribution < -0.4 is 0 Å². The molecule has 0 spiro atoms. The highest BCUT2D eigenvalue weighted by Crippen LogP contribution is 2.50. The summed E-state index contributed by atoms with van der Waals surface area (Å²) in [5.74, 6) is -5.23. The number of carboxylic acids is 1. The minimum atomic E-state index is -2.80. The van der Waals surface area contributed by atoms with E-state index < -0.39 is 30.1 Å². The lowest BCUT2D eigenvalue weighted by Crippen LogP contribution is -2.28. The summed E-state index contributed by atoms with van der Waals surface area (Å²) in [6.07, 6.45) is -0.808. The minimum Gasteiger partial charge on any atom is -0.481 e. The van der Waals surface area contributed by atoms with E-state index in [4.69, 9.17) is 5.11 Å². The zero-order chi connectivity index (χ0) is 11.1. The van der Waals surface area contributed by atoms with Gasteiger partial charge in [0, 0.05) is 12.8 Å². The number of carbonyl (C=O) groups is 1. The molecule has 2 nitrogen and oxygen atoms in total. The highest BCUT2D eigenvalue weighted by Gasteiger charge is 2.52. The number of hydrogen-bond donors (Lipinski definition) is 1. The van der Waals surface area contributed by atoms with Crippen molar-refractivity contribution in [2.45, 2.75) is 39.5 Å². The molecule has 1 N–H and O–H groups in total. The normalized spacial score (nSPS) is 31.8. The second kappa shape index (κ2) is 3.17. The quantitative estimate of drug-likeness (QED) is 0.716. The van der Waals surface area contributed by atoms with Crippen LogP contribution in [0, 0.1) is 17.3 Å². The molecule has 1 aliphatic carbocycles. The van der Waals surface area contributed by atoms with Crippen molar-refractivity contribution in [2.24, 2.45) is 17.3 Å². The molecule has 0 aliphatic heterocycles. The van der Waals surface area contributed by atoms with Crippen LogP contribution in [0.15, 0.2) is 0 Å². The zero-order valence-electron chi connectivity index (χ0n) is 8.68. The molecule has 1 rings (SSSR count). The first-order chi connectivity index (χ1) is 6.13. The molecule has 2 atom stereocenters. The molecule has 1 fully saturated rings. The lowest BCUT2D eigenvalue weighted by Gasteiger charge is -2.29. The second-order valence-electron chi connectivity index (χ2n) is 5.18. The summed E-state index contributed by atoms with van der Waals surface area (Å²) in [4.78, 5) is 10.8. The van der Waals surface area contributed by atoms with E-state index in [9.17, 15) is 13.6 Å². The van der Waals surface area contributed by atoms with Crippen molar-refractivity contribution in [1.82, 2.24) is 0 Å². The van der Waals surface area contributed by atoms with E-state index in [-0.39, 0.29) is 11.8 Å². The van der Waals surface area contributed by atoms with Crippen molar-refractivity contribution >= 4 is 5.97 Å². The molecule has 14 heavy (non-hydrogen) atoms. The Morgan fingerprint density at radius 1 is 1.36 bits per heavy atom. The highest BCUT2D eigenvalue weighted by molar-refractivity contribution is 5.71. The Morgan fingerprint density at radius 2 is 1.86 bits per heavy atom. The molecule has 1 aliphatic rings. The number of halogens is 2. The Morgan fingerprint density at radius 3 is 2.14 bits per heavy atom. The number of hydrogen-bond acceptors (Lipinski definition) is 1. The van der Waals surface area contributed by atoms with Crippen molar-refractivity contribution in [3.8, 4) is 0 Å². The van der Waals surface area contributed by atoms with E-state index in [0.29, 0.717) is 0 Å². The first-order valence-electron chi connectivity index (χ1n) is 4.74. The van der Waals surface area contributed by atoms with E-state index in [1.807, 2.05) is 20.8 Å². The first kappa shape index (κ1) is 11.4.